The molecular formula is C16H22N4O. The highest BCUT2D eigenvalue weighted by atomic mass is 16.1. The Labute approximate surface area is 125 Å². The summed E-state index contributed by atoms with van der Waals surface area (Å²) in [7, 11) is 1.95. The van der Waals surface area contributed by atoms with Crippen molar-refractivity contribution in [2.75, 3.05) is 11.9 Å². The van der Waals surface area contributed by atoms with Crippen molar-refractivity contribution in [1.29, 1.82) is 0 Å². The quantitative estimate of drug-likeness (QED) is 0.856. The predicted octanol–water partition coefficient (Wildman–Crippen LogP) is 2.27. The Kier molecular flexibility index (Phi) is 5.11. The number of rotatable bonds is 6. The second-order valence-electron chi connectivity index (χ2n) is 5.18. The molecule has 0 spiro atoms. The molecule has 1 aromatic heterocycles. The summed E-state index contributed by atoms with van der Waals surface area (Å²) < 4.78 is 1.89. The highest BCUT2D eigenvalue weighted by Crippen LogP contribution is 2.17. The van der Waals surface area contributed by atoms with Crippen LogP contribution in [0.25, 0.3) is 0 Å². The Morgan fingerprint density at radius 3 is 2.86 bits per heavy atom. The van der Waals surface area contributed by atoms with Crippen LogP contribution in [0.4, 0.5) is 5.69 Å². The van der Waals surface area contributed by atoms with Gasteiger partial charge in [-0.25, -0.2) is 0 Å². The molecule has 2 aromatic rings. The Morgan fingerprint density at radius 2 is 2.19 bits per heavy atom. The van der Waals surface area contributed by atoms with Crippen LogP contribution in [0.1, 0.15) is 31.1 Å². The number of amides is 1. The van der Waals surface area contributed by atoms with Crippen LogP contribution in [0.3, 0.4) is 0 Å². The van der Waals surface area contributed by atoms with Gasteiger partial charge in [0.1, 0.15) is 0 Å². The van der Waals surface area contributed by atoms with Gasteiger partial charge in [0.2, 0.25) is 5.91 Å². The molecule has 2 N–H and O–H groups in total. The standard InChI is InChI=1S/C16H22N4O/c1-12(17-9-7-16-8-10-18-20(16)3)14-5-4-6-15(11-14)19-13(2)21/h4-6,8,10-12,17H,7,9H2,1-3H3,(H,19,21). The lowest BCUT2D eigenvalue weighted by atomic mass is 10.1. The van der Waals surface area contributed by atoms with Crippen LogP contribution in [-0.4, -0.2) is 22.2 Å². The minimum atomic E-state index is -0.0519. The van der Waals surface area contributed by atoms with Gasteiger partial charge in [0.25, 0.3) is 0 Å². The first kappa shape index (κ1) is 15.3. The van der Waals surface area contributed by atoms with E-state index in [0.717, 1.165) is 24.2 Å². The smallest absolute Gasteiger partial charge is 0.221 e. The van der Waals surface area contributed by atoms with Crippen molar-refractivity contribution < 1.29 is 4.79 Å². The summed E-state index contributed by atoms with van der Waals surface area (Å²) in [6, 6.07) is 10.2. The normalized spacial score (nSPS) is 12.1. The summed E-state index contributed by atoms with van der Waals surface area (Å²) in [4.78, 5) is 11.1. The van der Waals surface area contributed by atoms with Gasteiger partial charge in [-0.05, 0) is 30.7 Å². The van der Waals surface area contributed by atoms with Crippen LogP contribution in [0, 0.1) is 0 Å². The first-order chi connectivity index (χ1) is 10.1. The van der Waals surface area contributed by atoms with E-state index >= 15 is 0 Å². The molecule has 112 valence electrons. The Hall–Kier alpha value is -2.14. The van der Waals surface area contributed by atoms with Gasteiger partial charge in [0.15, 0.2) is 0 Å². The van der Waals surface area contributed by atoms with Crippen molar-refractivity contribution >= 4 is 11.6 Å². The van der Waals surface area contributed by atoms with E-state index in [1.54, 1.807) is 0 Å². The molecule has 0 radical (unpaired) electrons. The summed E-state index contributed by atoms with van der Waals surface area (Å²) in [5, 5.41) is 10.5. The molecule has 0 fully saturated rings. The lowest BCUT2D eigenvalue weighted by Gasteiger charge is -2.15. The molecule has 0 aliphatic rings. The van der Waals surface area contributed by atoms with Gasteiger partial charge >= 0.3 is 0 Å². The predicted molar refractivity (Wildman–Crippen MR) is 84.1 cm³/mol. The topological polar surface area (TPSA) is 59.0 Å². The second kappa shape index (κ2) is 7.04. The summed E-state index contributed by atoms with van der Waals surface area (Å²) in [5.74, 6) is -0.0519. The van der Waals surface area contributed by atoms with E-state index in [1.165, 1.54) is 12.6 Å². The fourth-order valence-corrected chi connectivity index (χ4v) is 2.27. The van der Waals surface area contributed by atoms with Crippen LogP contribution in [0.2, 0.25) is 0 Å². The van der Waals surface area contributed by atoms with Gasteiger partial charge in [-0.1, -0.05) is 12.1 Å². The zero-order chi connectivity index (χ0) is 15.2. The molecule has 0 aliphatic heterocycles. The van der Waals surface area contributed by atoms with E-state index in [4.69, 9.17) is 0 Å². The molecule has 0 bridgehead atoms. The molecule has 1 amide bonds. The maximum Gasteiger partial charge on any atom is 0.221 e. The Balaban J connectivity index is 1.89. The lowest BCUT2D eigenvalue weighted by Crippen LogP contribution is -2.22. The molecule has 1 atom stereocenters. The van der Waals surface area contributed by atoms with E-state index in [1.807, 2.05) is 42.2 Å². The van der Waals surface area contributed by atoms with Crippen molar-refractivity contribution in [2.45, 2.75) is 26.3 Å². The van der Waals surface area contributed by atoms with Crippen LogP contribution >= 0.6 is 0 Å². The second-order valence-corrected chi connectivity index (χ2v) is 5.18. The highest BCUT2D eigenvalue weighted by molar-refractivity contribution is 5.88. The molecule has 0 aliphatic carbocycles. The summed E-state index contributed by atoms with van der Waals surface area (Å²) in [6.07, 6.45) is 2.75. The molecule has 0 saturated carbocycles. The van der Waals surface area contributed by atoms with Crippen molar-refractivity contribution in [3.8, 4) is 0 Å². The van der Waals surface area contributed by atoms with E-state index in [2.05, 4.69) is 28.7 Å². The van der Waals surface area contributed by atoms with Crippen LogP contribution in [0.5, 0.6) is 0 Å². The summed E-state index contributed by atoms with van der Waals surface area (Å²) in [6.45, 7) is 4.52. The largest absolute Gasteiger partial charge is 0.326 e. The molecule has 1 heterocycles. The van der Waals surface area contributed by atoms with Gasteiger partial charge in [0.05, 0.1) is 0 Å². The number of nitrogens with zero attached hydrogens (tertiary/aromatic N) is 2. The van der Waals surface area contributed by atoms with Gasteiger partial charge in [-0.15, -0.1) is 0 Å². The number of nitrogens with one attached hydrogen (secondary N) is 2. The Morgan fingerprint density at radius 1 is 1.38 bits per heavy atom. The third kappa shape index (κ3) is 4.43. The number of aromatic nitrogens is 2. The average molecular weight is 286 g/mol. The summed E-state index contributed by atoms with van der Waals surface area (Å²) in [5.41, 5.74) is 3.20. The van der Waals surface area contributed by atoms with E-state index < -0.39 is 0 Å². The van der Waals surface area contributed by atoms with Gasteiger partial charge < -0.3 is 10.6 Å². The number of carbonyl (C=O) groups is 1. The Bertz CT molecular complexity index is 606. The van der Waals surface area contributed by atoms with Gasteiger partial charge in [-0.3, -0.25) is 9.48 Å². The van der Waals surface area contributed by atoms with Gasteiger partial charge in [-0.2, -0.15) is 5.10 Å². The number of aryl methyl sites for hydroxylation is 1. The number of anilines is 1. The number of carbonyl (C=O) groups excluding carboxylic acids is 1. The molecule has 5 nitrogen and oxygen atoms in total. The first-order valence-electron chi connectivity index (χ1n) is 7.14. The minimum Gasteiger partial charge on any atom is -0.326 e. The maximum absolute atomic E-state index is 11.1. The first-order valence-corrected chi connectivity index (χ1v) is 7.14. The zero-order valence-electron chi connectivity index (χ0n) is 12.8. The summed E-state index contributed by atoms with van der Waals surface area (Å²) >= 11 is 0. The van der Waals surface area contributed by atoms with E-state index in [9.17, 15) is 4.79 Å². The van der Waals surface area contributed by atoms with Crippen LogP contribution < -0.4 is 10.6 Å². The van der Waals surface area contributed by atoms with Crippen molar-refractivity contribution in [1.82, 2.24) is 15.1 Å². The monoisotopic (exact) mass is 286 g/mol. The van der Waals surface area contributed by atoms with E-state index in [0.29, 0.717) is 0 Å². The minimum absolute atomic E-state index is 0.0519. The average Bonchev–Trinajstić information content (AvgIpc) is 2.84. The molecular weight excluding hydrogens is 264 g/mol. The van der Waals surface area contributed by atoms with Crippen LogP contribution in [-0.2, 0) is 18.3 Å². The van der Waals surface area contributed by atoms with Crippen molar-refractivity contribution in [2.24, 2.45) is 7.05 Å². The number of hydrogen-bond donors (Lipinski definition) is 2. The lowest BCUT2D eigenvalue weighted by molar-refractivity contribution is -0.114. The zero-order valence-corrected chi connectivity index (χ0v) is 12.8. The molecule has 0 saturated heterocycles. The maximum atomic E-state index is 11.1. The number of benzene rings is 1. The molecule has 1 aromatic carbocycles. The van der Waals surface area contributed by atoms with E-state index in [-0.39, 0.29) is 11.9 Å². The molecule has 21 heavy (non-hydrogen) atoms. The highest BCUT2D eigenvalue weighted by Gasteiger charge is 2.06. The molecule has 5 heteroatoms. The fraction of sp³-hybridized carbons (Fsp3) is 0.375. The van der Waals surface area contributed by atoms with Gasteiger partial charge in [0, 0.05) is 50.6 Å². The third-order valence-electron chi connectivity index (χ3n) is 3.46. The SMILES string of the molecule is CC(=O)Nc1cccc(C(C)NCCc2ccnn2C)c1. The van der Waals surface area contributed by atoms with Crippen molar-refractivity contribution in [3.63, 3.8) is 0 Å². The molecule has 1 unspecified atom stereocenters. The van der Waals surface area contributed by atoms with Crippen molar-refractivity contribution in [3.05, 3.63) is 47.8 Å². The fourth-order valence-electron chi connectivity index (χ4n) is 2.27. The third-order valence-corrected chi connectivity index (χ3v) is 3.46. The number of hydrogen-bond acceptors (Lipinski definition) is 3. The molecule has 2 rings (SSSR count). The van der Waals surface area contributed by atoms with Crippen LogP contribution in [0.15, 0.2) is 36.5 Å².